The van der Waals surface area contributed by atoms with Crippen LogP contribution in [0.3, 0.4) is 0 Å². The number of carbonyl (C=O) groups excluding carboxylic acids is 15. The molecule has 125 heavy (non-hydrogen) atoms. The molecule has 3 fully saturated rings. The van der Waals surface area contributed by atoms with E-state index in [1.165, 1.54) is 13.8 Å². The Balaban J connectivity index is 1.15. The third-order valence-electron chi connectivity index (χ3n) is 20.9. The Hall–Kier alpha value is -11.3. The molecule has 0 aromatic heterocycles. The molecule has 3 aromatic carbocycles. The van der Waals surface area contributed by atoms with Crippen molar-refractivity contribution in [2.75, 3.05) is 45.1 Å². The third kappa shape index (κ3) is 36.0. The molecule has 3 aliphatic heterocycles. The van der Waals surface area contributed by atoms with Gasteiger partial charge in [0.25, 0.3) is 0 Å². The second kappa shape index (κ2) is 51.8. The Morgan fingerprint density at radius 3 is 1.54 bits per heavy atom. The van der Waals surface area contributed by atoms with E-state index in [9.17, 15) is 96.2 Å². The second-order valence-electron chi connectivity index (χ2n) is 32.2. The van der Waals surface area contributed by atoms with Crippen LogP contribution in [-0.4, -0.2) is 249 Å². The summed E-state index contributed by atoms with van der Waals surface area (Å²) in [5.41, 5.74) is 18.9. The lowest BCUT2D eigenvalue weighted by Gasteiger charge is -2.32. The Morgan fingerprint density at radius 2 is 1.01 bits per heavy atom. The van der Waals surface area contributed by atoms with Gasteiger partial charge in [-0.05, 0) is 112 Å². The molecule has 0 aliphatic carbocycles. The highest BCUT2D eigenvalue weighted by Gasteiger charge is 2.45. The van der Waals surface area contributed by atoms with Gasteiger partial charge in [-0.1, -0.05) is 139 Å². The van der Waals surface area contributed by atoms with E-state index in [1.807, 2.05) is 0 Å². The van der Waals surface area contributed by atoms with Crippen LogP contribution in [0.5, 0.6) is 0 Å². The summed E-state index contributed by atoms with van der Waals surface area (Å²) in [5, 5.41) is 57.3. The molecule has 3 heterocycles. The number of carboxylic acids is 1. The largest absolute Gasteiger partial charge is 0.481 e. The van der Waals surface area contributed by atoms with Crippen molar-refractivity contribution < 1.29 is 101 Å². The van der Waals surface area contributed by atoms with Gasteiger partial charge < -0.3 is 117 Å². The molecule has 41 nitrogen and oxygen atoms in total. The monoisotopic (exact) mass is 1790 g/mol. The molecule has 0 radical (unpaired) electrons. The number of amides is 16. The van der Waals surface area contributed by atoms with E-state index in [1.54, 1.807) is 130 Å². The number of nitrogens with two attached hydrogens (primary N) is 3. The molecule has 16 amide bonds. The Bertz CT molecular complexity index is 4230. The zero-order valence-electron chi connectivity index (χ0n) is 71.2. The Kier molecular flexibility index (Phi) is 42.5. The number of likely N-dealkylation sites (tertiary alicyclic amines) is 1. The van der Waals surface area contributed by atoms with Crippen molar-refractivity contribution in [2.45, 2.75) is 234 Å². The molecule has 25 N–H and O–H groups in total. The standard InChI is InChI=1S/C82H123N20O21PS/c1-46(2)38-56(74(112)94-55(70(84)108)39-49-22-10-7-11-23-49)95-71(109)52(28-18-19-35-83)92-79(117)68(48(5)6)100-77(115)61-30-21-37-102(61)80(118)59(44-123-124(120,121)122)97-72(110)54(33-34-66(106)107)93-78(116)67(47(3)4)99-73(111)53(29-20-36-87-81(85)86)91-76(114)58(41-51-26-14-9-15-27-51)96-75(113)57(40-50-24-12-8-13-25-50)90-65(105)43-89-64(104)42-88-63(103)32-17-16-31-62-69-60(45-125-62)98-82(119)101-69/h7-15,22-27,46-48,52-62,67-69H,16-21,28-45,83H2,1-6H3,(H2,84,108)(H,88,103)(H,89,104)(H,90,105)(H,91,114)(H,92,117)(H,93,116)(H,94,112)(H,95,109)(H,96,113)(H,97,110)(H,99,111)(H,100,115)(H,106,107)(H4,85,86,87)(H2,98,101,119)(H2,120,121,122)/t52-,53-,54-,55-,56-,57-,58-,59-,60-,61-,62-,67-,68-,69-/m0/s1. The van der Waals surface area contributed by atoms with Crippen LogP contribution >= 0.6 is 19.6 Å². The first kappa shape index (κ1) is 102. The lowest BCUT2D eigenvalue weighted by atomic mass is 9.99. The number of carboxylic acid groups (broad SMARTS) is 1. The smallest absolute Gasteiger partial charge is 0.469 e. The number of benzene rings is 3. The van der Waals surface area contributed by atoms with Crippen molar-refractivity contribution in [1.29, 1.82) is 5.41 Å². The molecule has 0 bridgehead atoms. The number of nitrogens with one attached hydrogen (secondary N) is 16. The first-order valence-electron chi connectivity index (χ1n) is 42.0. The van der Waals surface area contributed by atoms with Crippen LogP contribution in [-0.2, 0) is 100 Å². The number of hydrogen-bond acceptors (Lipinski definition) is 21. The fourth-order valence-corrected chi connectivity index (χ4v) is 16.2. The highest BCUT2D eigenvalue weighted by Crippen LogP contribution is 2.36. The van der Waals surface area contributed by atoms with Crippen molar-refractivity contribution >= 4 is 120 Å². The number of thioether (sulfide) groups is 1. The Labute approximate surface area is 729 Å². The first-order valence-corrected chi connectivity index (χ1v) is 44.5. The topological polar surface area (TPSA) is 646 Å². The third-order valence-corrected chi connectivity index (χ3v) is 22.9. The molecule has 43 heteroatoms. The van der Waals surface area contributed by atoms with Crippen LogP contribution in [0.1, 0.15) is 148 Å². The minimum Gasteiger partial charge on any atom is -0.481 e. The van der Waals surface area contributed by atoms with Crippen molar-refractivity contribution in [3.8, 4) is 0 Å². The SMILES string of the molecule is CC(C)C[C@H](NC(=O)[C@H](CCCCN)NC(=O)[C@@H](NC(=O)[C@@H]1CCCN1C(=O)[C@H](COP(=O)(O)O)NC(=O)[C@H](CCC(=O)O)NC(=O)[C@@H](NC(=O)[C@H](CCCNC(=N)N)NC(=O)[C@H](Cc1ccccc1)NC(=O)[C@H](Cc1ccccc1)NC(=O)CNC(=O)CNC(=O)CCCC[C@@H]1SC[C@@H]2NC(=O)N[C@@H]21)C(C)C)C(C)C)C(=O)N[C@@H](Cc1ccccc1)C(N)=O. The lowest BCUT2D eigenvalue weighted by Crippen LogP contribution is -2.62. The number of aliphatic carboxylic acids is 1. The van der Waals surface area contributed by atoms with E-state index in [2.05, 4.69) is 79.8 Å². The zero-order valence-corrected chi connectivity index (χ0v) is 72.9. The lowest BCUT2D eigenvalue weighted by molar-refractivity contribution is -0.144. The van der Waals surface area contributed by atoms with Gasteiger partial charge in [0.1, 0.15) is 66.5 Å². The molecule has 3 saturated heterocycles. The molecule has 0 saturated carbocycles. The zero-order chi connectivity index (χ0) is 92.0. The van der Waals surface area contributed by atoms with Crippen LogP contribution in [0.15, 0.2) is 91.0 Å². The predicted octanol–water partition coefficient (Wildman–Crippen LogP) is -2.28. The van der Waals surface area contributed by atoms with E-state index >= 15 is 0 Å². The number of primary amides is 1. The van der Waals surface area contributed by atoms with Gasteiger partial charge in [-0.2, -0.15) is 11.8 Å². The summed E-state index contributed by atoms with van der Waals surface area (Å²) < 4.78 is 17.1. The molecule has 3 aliphatic rings. The van der Waals surface area contributed by atoms with Crippen molar-refractivity contribution in [3.63, 3.8) is 0 Å². The maximum Gasteiger partial charge on any atom is 0.469 e. The quantitative estimate of drug-likeness (QED) is 0.00931. The number of hydrogen-bond donors (Lipinski definition) is 22. The van der Waals surface area contributed by atoms with Crippen LogP contribution in [0.25, 0.3) is 0 Å². The van der Waals surface area contributed by atoms with Gasteiger partial charge in [0.2, 0.25) is 82.7 Å². The second-order valence-corrected chi connectivity index (χ2v) is 34.7. The molecule has 688 valence electrons. The summed E-state index contributed by atoms with van der Waals surface area (Å²) in [6.07, 6.45) is 0.996. The van der Waals surface area contributed by atoms with Gasteiger partial charge in [0.15, 0.2) is 5.96 Å². The van der Waals surface area contributed by atoms with Gasteiger partial charge >= 0.3 is 19.8 Å². The van der Waals surface area contributed by atoms with E-state index in [-0.39, 0.29) is 113 Å². The number of rotatable bonds is 54. The number of fused-ring (bicyclic) bond motifs is 1. The average molecular weight is 1790 g/mol. The molecule has 6 rings (SSSR count). The maximum absolute atomic E-state index is 14.9. The summed E-state index contributed by atoms with van der Waals surface area (Å²) in [7, 11) is -5.49. The number of unbranched alkanes of at least 4 members (excludes halogenated alkanes) is 2. The van der Waals surface area contributed by atoms with Crippen LogP contribution in [0.4, 0.5) is 4.79 Å². The van der Waals surface area contributed by atoms with Gasteiger partial charge in [-0.25, -0.2) is 9.36 Å². The first-order chi connectivity index (χ1) is 59.3. The molecule has 0 spiro atoms. The maximum atomic E-state index is 14.9. The summed E-state index contributed by atoms with van der Waals surface area (Å²) in [6.45, 7) is 7.34. The fraction of sp³-hybridized carbons (Fsp3) is 0.573. The number of phosphoric ester groups is 1. The molecular formula is C82H123N20O21PS. The van der Waals surface area contributed by atoms with Gasteiger partial charge in [0.05, 0.1) is 31.8 Å². The molecule has 0 unspecified atom stereocenters. The van der Waals surface area contributed by atoms with Crippen molar-refractivity contribution in [2.24, 2.45) is 35.0 Å². The van der Waals surface area contributed by atoms with E-state index in [0.717, 1.165) is 17.1 Å². The normalized spacial score (nSPS) is 17.7. The number of carbonyl (C=O) groups is 16. The molecular weight excluding hydrogens is 1660 g/mol. The van der Waals surface area contributed by atoms with Gasteiger partial charge in [0, 0.05) is 56.2 Å². The molecule has 3 aromatic rings. The number of urea groups is 1. The highest BCUT2D eigenvalue weighted by atomic mass is 32.2. The van der Waals surface area contributed by atoms with Crippen LogP contribution in [0, 0.1) is 23.2 Å². The van der Waals surface area contributed by atoms with Gasteiger partial charge in [-0.3, -0.25) is 81.9 Å². The number of phosphoric acid groups is 1. The van der Waals surface area contributed by atoms with Crippen molar-refractivity contribution in [3.05, 3.63) is 108 Å². The van der Waals surface area contributed by atoms with Crippen LogP contribution in [0.2, 0.25) is 0 Å². The minimum absolute atomic E-state index is 0.0110. The van der Waals surface area contributed by atoms with E-state index in [0.29, 0.717) is 42.4 Å². The molecule has 14 atom stereocenters. The van der Waals surface area contributed by atoms with E-state index in [4.69, 9.17) is 27.1 Å². The van der Waals surface area contributed by atoms with E-state index < -0.39 is 213 Å². The van der Waals surface area contributed by atoms with Crippen molar-refractivity contribution in [1.82, 2.24) is 84.7 Å². The fourth-order valence-electron chi connectivity index (χ4n) is 14.3. The summed E-state index contributed by atoms with van der Waals surface area (Å²) >= 11 is 1.76. The summed E-state index contributed by atoms with van der Waals surface area (Å²) in [6, 6.07) is 8.81. The average Bonchev–Trinajstić information content (AvgIpc) is 1.65. The summed E-state index contributed by atoms with van der Waals surface area (Å²) in [4.78, 5) is 242. The minimum atomic E-state index is -5.49. The predicted molar refractivity (Wildman–Crippen MR) is 460 cm³/mol. The number of guanidine groups is 1. The summed E-state index contributed by atoms with van der Waals surface area (Å²) in [5.74, 6) is -15.4. The Morgan fingerprint density at radius 1 is 0.536 bits per heavy atom. The van der Waals surface area contributed by atoms with Crippen LogP contribution < -0.4 is 97.0 Å². The highest BCUT2D eigenvalue weighted by molar-refractivity contribution is 8.00. The number of nitrogens with zero attached hydrogens (tertiary/aromatic N) is 1. The van der Waals surface area contributed by atoms with Gasteiger partial charge in [-0.15, -0.1) is 0 Å².